The first kappa shape index (κ1) is 26.8. The molecule has 1 atom stereocenters. The number of amides is 1. The Morgan fingerprint density at radius 1 is 1.07 bits per heavy atom. The summed E-state index contributed by atoms with van der Waals surface area (Å²) >= 11 is 6.20. The van der Waals surface area contributed by atoms with Crippen LogP contribution in [0, 0.1) is 0 Å². The van der Waals surface area contributed by atoms with E-state index in [2.05, 4.69) is 10.3 Å². The molecule has 0 saturated heterocycles. The second-order valence-corrected chi connectivity index (χ2v) is 9.50. The minimum atomic E-state index is -0.864. The zero-order chi connectivity index (χ0) is 28.1. The first-order valence-corrected chi connectivity index (χ1v) is 12.9. The lowest BCUT2D eigenvalue weighted by Gasteiger charge is -2.15. The van der Waals surface area contributed by atoms with Gasteiger partial charge < -0.3 is 19.8 Å². The first-order valence-electron chi connectivity index (χ1n) is 12.6. The van der Waals surface area contributed by atoms with Crippen LogP contribution in [0.3, 0.4) is 0 Å². The van der Waals surface area contributed by atoms with Crippen molar-refractivity contribution in [2.75, 3.05) is 14.2 Å². The van der Waals surface area contributed by atoms with E-state index in [4.69, 9.17) is 26.2 Å². The molecule has 5 aromatic rings. The van der Waals surface area contributed by atoms with Crippen molar-refractivity contribution < 1.29 is 19.1 Å². The molecule has 0 spiro atoms. The number of esters is 1. The summed E-state index contributed by atoms with van der Waals surface area (Å²) < 4.78 is 12.0. The van der Waals surface area contributed by atoms with Crippen LogP contribution in [0.5, 0.6) is 5.75 Å². The Morgan fingerprint density at radius 2 is 1.88 bits per heavy atom. The molecule has 2 heterocycles. The average molecular weight is 555 g/mol. The minimum Gasteiger partial charge on any atom is -0.497 e. The van der Waals surface area contributed by atoms with Crippen LogP contribution in [0.15, 0.2) is 91.3 Å². The standard InChI is InChI=1S/C31H27ClN4O4/c1-39-25-13-10-20(11-14-25)30-21(19-36(35-30)24-7-5-6-23(32)17-24)12-15-29(37)34-28(31(38)40-2)16-22-18-33-27-9-4-3-8-26(22)27/h3-15,17-19,28,33H,16H2,1-2H3,(H,34,37)/b15-12+/t28-/m0/s1. The van der Waals surface area contributed by atoms with Gasteiger partial charge >= 0.3 is 5.97 Å². The van der Waals surface area contributed by atoms with Gasteiger partial charge in [0.25, 0.3) is 0 Å². The van der Waals surface area contributed by atoms with Crippen LogP contribution in [0.25, 0.3) is 33.9 Å². The molecule has 0 aliphatic rings. The third kappa shape index (κ3) is 5.92. The maximum absolute atomic E-state index is 13.0. The summed E-state index contributed by atoms with van der Waals surface area (Å²) in [7, 11) is 2.91. The third-order valence-electron chi connectivity index (χ3n) is 6.49. The number of halogens is 1. The quantitative estimate of drug-likeness (QED) is 0.183. The molecule has 40 heavy (non-hydrogen) atoms. The van der Waals surface area contributed by atoms with Gasteiger partial charge in [0.15, 0.2) is 0 Å². The lowest BCUT2D eigenvalue weighted by Crippen LogP contribution is -2.42. The number of nitrogens with zero attached hydrogens (tertiary/aromatic N) is 2. The van der Waals surface area contributed by atoms with E-state index in [0.717, 1.165) is 33.5 Å². The summed E-state index contributed by atoms with van der Waals surface area (Å²) in [4.78, 5) is 28.8. The fraction of sp³-hybridized carbons (Fsp3) is 0.129. The van der Waals surface area contributed by atoms with E-state index in [1.807, 2.05) is 73.1 Å². The van der Waals surface area contributed by atoms with Gasteiger partial charge in [0.1, 0.15) is 11.8 Å². The smallest absolute Gasteiger partial charge is 0.328 e. The Balaban J connectivity index is 1.41. The maximum Gasteiger partial charge on any atom is 0.328 e. The predicted molar refractivity (Wildman–Crippen MR) is 156 cm³/mol. The van der Waals surface area contributed by atoms with Crippen LogP contribution in [0.1, 0.15) is 11.1 Å². The number of aromatic amines is 1. The van der Waals surface area contributed by atoms with Gasteiger partial charge in [-0.15, -0.1) is 0 Å². The van der Waals surface area contributed by atoms with E-state index in [1.165, 1.54) is 13.2 Å². The highest BCUT2D eigenvalue weighted by Crippen LogP contribution is 2.27. The van der Waals surface area contributed by atoms with Crippen LogP contribution >= 0.6 is 11.6 Å². The molecule has 0 bridgehead atoms. The summed E-state index contributed by atoms with van der Waals surface area (Å²) in [5.41, 5.74) is 4.83. The number of para-hydroxylation sites is 1. The van der Waals surface area contributed by atoms with Crippen LogP contribution < -0.4 is 10.1 Å². The van der Waals surface area contributed by atoms with Crippen molar-refractivity contribution in [3.05, 3.63) is 107 Å². The molecule has 0 radical (unpaired) electrons. The Hall–Kier alpha value is -4.82. The molecule has 0 aliphatic carbocycles. The summed E-state index contributed by atoms with van der Waals surface area (Å²) in [6.45, 7) is 0. The van der Waals surface area contributed by atoms with Crippen molar-refractivity contribution >= 4 is 40.5 Å². The Labute approximate surface area is 236 Å². The van der Waals surface area contributed by atoms with Crippen LogP contribution in [0.2, 0.25) is 5.02 Å². The van der Waals surface area contributed by atoms with Crippen LogP contribution in [-0.4, -0.2) is 46.9 Å². The molecule has 1 amide bonds. The monoisotopic (exact) mass is 554 g/mol. The zero-order valence-electron chi connectivity index (χ0n) is 21.9. The van der Waals surface area contributed by atoms with Gasteiger partial charge in [0, 0.05) is 51.9 Å². The summed E-state index contributed by atoms with van der Waals surface area (Å²) in [6.07, 6.45) is 6.99. The molecular formula is C31H27ClN4O4. The lowest BCUT2D eigenvalue weighted by molar-refractivity contribution is -0.144. The lowest BCUT2D eigenvalue weighted by atomic mass is 10.0. The van der Waals surface area contributed by atoms with Gasteiger partial charge in [-0.3, -0.25) is 4.79 Å². The highest BCUT2D eigenvalue weighted by Gasteiger charge is 2.23. The summed E-state index contributed by atoms with van der Waals surface area (Å²) in [5, 5.41) is 9.12. The topological polar surface area (TPSA) is 98.2 Å². The van der Waals surface area contributed by atoms with Gasteiger partial charge in [0.05, 0.1) is 25.6 Å². The van der Waals surface area contributed by atoms with E-state index in [9.17, 15) is 9.59 Å². The number of aromatic nitrogens is 3. The zero-order valence-corrected chi connectivity index (χ0v) is 22.7. The number of nitrogens with one attached hydrogen (secondary N) is 2. The molecule has 0 aliphatic heterocycles. The second kappa shape index (κ2) is 11.9. The Kier molecular flexibility index (Phi) is 7.98. The number of H-pyrrole nitrogens is 1. The van der Waals surface area contributed by atoms with Crippen molar-refractivity contribution in [2.45, 2.75) is 12.5 Å². The highest BCUT2D eigenvalue weighted by atomic mass is 35.5. The van der Waals surface area contributed by atoms with E-state index < -0.39 is 17.9 Å². The third-order valence-corrected chi connectivity index (χ3v) is 6.73. The van der Waals surface area contributed by atoms with Gasteiger partial charge in [-0.25, -0.2) is 9.48 Å². The first-order chi connectivity index (χ1) is 19.4. The molecular weight excluding hydrogens is 528 g/mol. The fourth-order valence-electron chi connectivity index (χ4n) is 4.47. The van der Waals surface area contributed by atoms with Gasteiger partial charge in [0.2, 0.25) is 5.91 Å². The Bertz CT molecular complexity index is 1690. The molecule has 0 unspecified atom stereocenters. The van der Waals surface area contributed by atoms with E-state index >= 15 is 0 Å². The van der Waals surface area contributed by atoms with Gasteiger partial charge in [-0.2, -0.15) is 5.10 Å². The molecule has 2 aromatic heterocycles. The van der Waals surface area contributed by atoms with Crippen molar-refractivity contribution in [1.29, 1.82) is 0 Å². The molecule has 202 valence electrons. The molecule has 0 saturated carbocycles. The van der Waals surface area contributed by atoms with Crippen LogP contribution in [-0.2, 0) is 20.7 Å². The minimum absolute atomic E-state index is 0.278. The number of ether oxygens (including phenoxy) is 2. The number of fused-ring (bicyclic) bond motifs is 1. The largest absolute Gasteiger partial charge is 0.497 e. The number of carbonyl (C=O) groups excluding carboxylic acids is 2. The number of methoxy groups -OCH3 is 2. The van der Waals surface area contributed by atoms with Crippen molar-refractivity contribution in [1.82, 2.24) is 20.1 Å². The highest BCUT2D eigenvalue weighted by molar-refractivity contribution is 6.30. The number of rotatable bonds is 9. The number of benzene rings is 3. The van der Waals surface area contributed by atoms with Crippen LogP contribution in [0.4, 0.5) is 0 Å². The molecule has 2 N–H and O–H groups in total. The molecule has 8 nitrogen and oxygen atoms in total. The predicted octanol–water partition coefficient (Wildman–Crippen LogP) is 5.60. The van der Waals surface area contributed by atoms with Gasteiger partial charge in [-0.1, -0.05) is 35.9 Å². The number of hydrogen-bond acceptors (Lipinski definition) is 5. The second-order valence-electron chi connectivity index (χ2n) is 9.07. The van der Waals surface area contributed by atoms with E-state index in [1.54, 1.807) is 30.0 Å². The molecule has 0 fully saturated rings. The molecule has 5 rings (SSSR count). The average Bonchev–Trinajstić information content (AvgIpc) is 3.60. The normalized spacial score (nSPS) is 12.0. The molecule has 3 aromatic carbocycles. The number of carbonyl (C=O) groups is 2. The SMILES string of the molecule is COC(=O)[C@H](Cc1c[nH]c2ccccc12)NC(=O)/C=C/c1cn(-c2cccc(Cl)c2)nc1-c1ccc(OC)cc1. The van der Waals surface area contributed by atoms with E-state index in [-0.39, 0.29) is 6.42 Å². The summed E-state index contributed by atoms with van der Waals surface area (Å²) in [6, 6.07) is 21.7. The fourth-order valence-corrected chi connectivity index (χ4v) is 4.66. The Morgan fingerprint density at radius 3 is 2.62 bits per heavy atom. The maximum atomic E-state index is 13.0. The van der Waals surface area contributed by atoms with Crippen molar-refractivity contribution in [3.63, 3.8) is 0 Å². The number of hydrogen-bond donors (Lipinski definition) is 2. The van der Waals surface area contributed by atoms with E-state index in [0.29, 0.717) is 16.3 Å². The van der Waals surface area contributed by atoms with Crippen molar-refractivity contribution in [2.24, 2.45) is 0 Å². The van der Waals surface area contributed by atoms with Crippen molar-refractivity contribution in [3.8, 4) is 22.7 Å². The summed E-state index contributed by atoms with van der Waals surface area (Å²) in [5.74, 6) is -0.246. The molecule has 9 heteroatoms. The van der Waals surface area contributed by atoms with Gasteiger partial charge in [-0.05, 0) is 60.2 Å².